The topological polar surface area (TPSA) is 122 Å². The summed E-state index contributed by atoms with van der Waals surface area (Å²) in [5.74, 6) is -0.445. The number of hydrazone groups is 1. The summed E-state index contributed by atoms with van der Waals surface area (Å²) in [6.07, 6.45) is 0. The van der Waals surface area contributed by atoms with Crippen molar-refractivity contribution in [3.05, 3.63) is 12.1 Å². The third-order valence-corrected chi connectivity index (χ3v) is 2.70. The Balaban J connectivity index is 3.17. The lowest BCUT2D eigenvalue weighted by molar-refractivity contribution is -0.134. The summed E-state index contributed by atoms with van der Waals surface area (Å²) >= 11 is 0. The van der Waals surface area contributed by atoms with Crippen LogP contribution in [0.25, 0.3) is 0 Å². The van der Waals surface area contributed by atoms with Gasteiger partial charge in [-0.2, -0.15) is 10.4 Å². The summed E-state index contributed by atoms with van der Waals surface area (Å²) in [4.78, 5) is 22.8. The van der Waals surface area contributed by atoms with Crippen LogP contribution >= 0.6 is 0 Å². The number of methoxy groups -OCH3 is 2. The molecule has 0 aliphatic carbocycles. The minimum absolute atomic E-state index is 0.127. The van der Waals surface area contributed by atoms with Crippen molar-refractivity contribution in [2.75, 3.05) is 31.6 Å². The molecule has 128 valence electrons. The van der Waals surface area contributed by atoms with Gasteiger partial charge in [0.25, 0.3) is 0 Å². The average Bonchev–Trinajstić information content (AvgIpc) is 2.55. The van der Waals surface area contributed by atoms with Gasteiger partial charge in [-0.25, -0.2) is 4.79 Å². The largest absolute Gasteiger partial charge is 0.494 e. The molecule has 0 fully saturated rings. The van der Waals surface area contributed by atoms with Crippen molar-refractivity contribution in [3.63, 3.8) is 0 Å². The van der Waals surface area contributed by atoms with E-state index in [1.165, 1.54) is 33.3 Å². The van der Waals surface area contributed by atoms with Crippen molar-refractivity contribution in [1.82, 2.24) is 0 Å². The van der Waals surface area contributed by atoms with Gasteiger partial charge in [-0.15, -0.1) is 0 Å². The highest BCUT2D eigenvalue weighted by Crippen LogP contribution is 2.36. The number of anilines is 2. The van der Waals surface area contributed by atoms with Crippen molar-refractivity contribution in [1.29, 1.82) is 5.26 Å². The van der Waals surface area contributed by atoms with Crippen molar-refractivity contribution in [2.45, 2.75) is 13.8 Å². The van der Waals surface area contributed by atoms with E-state index in [9.17, 15) is 9.59 Å². The first-order chi connectivity index (χ1) is 11.5. The zero-order chi connectivity index (χ0) is 18.1. The summed E-state index contributed by atoms with van der Waals surface area (Å²) in [6, 6.07) is 4.67. The second-order valence-electron chi connectivity index (χ2n) is 4.34. The summed E-state index contributed by atoms with van der Waals surface area (Å²) in [7, 11) is 2.85. The minimum Gasteiger partial charge on any atom is -0.494 e. The number of nitrogens with one attached hydrogen (secondary N) is 2. The quantitative estimate of drug-likeness (QED) is 0.440. The standard InChI is InChI=1S/C15H18N4O5/c1-5-24-15(21)12(8-16)19-18-11-7-13(22-3)10(17-9(2)20)6-14(11)23-4/h6-7,18H,5H2,1-4H3,(H,17,20)/b19-12-. The van der Waals surface area contributed by atoms with Gasteiger partial charge >= 0.3 is 5.97 Å². The molecular formula is C15H18N4O5. The third-order valence-electron chi connectivity index (χ3n) is 2.70. The molecule has 1 rings (SSSR count). The molecule has 0 aromatic heterocycles. The van der Waals surface area contributed by atoms with Crippen molar-refractivity contribution in [2.24, 2.45) is 5.10 Å². The zero-order valence-corrected chi connectivity index (χ0v) is 13.8. The van der Waals surface area contributed by atoms with Gasteiger partial charge in [0.15, 0.2) is 0 Å². The highest BCUT2D eigenvalue weighted by Gasteiger charge is 2.15. The van der Waals surface area contributed by atoms with E-state index in [1.807, 2.05) is 0 Å². The molecule has 0 saturated heterocycles. The molecule has 1 aromatic rings. The van der Waals surface area contributed by atoms with Crippen LogP contribution in [-0.2, 0) is 14.3 Å². The first-order valence-electron chi connectivity index (χ1n) is 6.91. The minimum atomic E-state index is -0.840. The number of nitrogens with zero attached hydrogens (tertiary/aromatic N) is 2. The molecule has 1 aromatic carbocycles. The number of benzene rings is 1. The maximum Gasteiger partial charge on any atom is 0.369 e. The Hall–Kier alpha value is -3.28. The van der Waals surface area contributed by atoms with E-state index in [0.29, 0.717) is 22.9 Å². The van der Waals surface area contributed by atoms with E-state index in [0.717, 1.165) is 0 Å². The summed E-state index contributed by atoms with van der Waals surface area (Å²) in [6.45, 7) is 3.11. The van der Waals surface area contributed by atoms with Gasteiger partial charge in [-0.05, 0) is 6.92 Å². The highest BCUT2D eigenvalue weighted by atomic mass is 16.5. The van der Waals surface area contributed by atoms with E-state index >= 15 is 0 Å². The lowest BCUT2D eigenvalue weighted by atomic mass is 10.2. The number of carbonyl (C=O) groups is 2. The second kappa shape index (κ2) is 8.99. The smallest absolute Gasteiger partial charge is 0.369 e. The highest BCUT2D eigenvalue weighted by molar-refractivity contribution is 6.43. The van der Waals surface area contributed by atoms with Gasteiger partial charge in [0.1, 0.15) is 23.3 Å². The first kappa shape index (κ1) is 18.8. The van der Waals surface area contributed by atoms with Crippen LogP contribution in [0.2, 0.25) is 0 Å². The molecule has 1 amide bonds. The van der Waals surface area contributed by atoms with E-state index in [4.69, 9.17) is 19.5 Å². The van der Waals surface area contributed by atoms with Crippen LogP contribution in [0, 0.1) is 11.3 Å². The Labute approximate surface area is 139 Å². The summed E-state index contributed by atoms with van der Waals surface area (Å²) in [5.41, 5.74) is 2.85. The van der Waals surface area contributed by atoms with Crippen molar-refractivity contribution in [3.8, 4) is 17.6 Å². The van der Waals surface area contributed by atoms with Gasteiger partial charge < -0.3 is 19.5 Å². The summed E-state index contributed by atoms with van der Waals surface area (Å²) < 4.78 is 15.1. The van der Waals surface area contributed by atoms with Crippen LogP contribution in [-0.4, -0.2) is 38.4 Å². The Kier molecular flexibility index (Phi) is 7.03. The number of rotatable bonds is 7. The SMILES string of the molecule is CCOC(=O)/C(C#N)=N\Nc1cc(OC)c(NC(C)=O)cc1OC. The Morgan fingerprint density at radius 1 is 1.21 bits per heavy atom. The molecule has 0 saturated carbocycles. The number of carbonyl (C=O) groups excluding carboxylic acids is 2. The summed E-state index contributed by atoms with van der Waals surface area (Å²) in [5, 5.41) is 15.3. The number of amides is 1. The molecular weight excluding hydrogens is 316 g/mol. The van der Waals surface area contributed by atoms with E-state index < -0.39 is 11.7 Å². The van der Waals surface area contributed by atoms with Crippen LogP contribution in [0.5, 0.6) is 11.5 Å². The lowest BCUT2D eigenvalue weighted by Crippen LogP contribution is -2.17. The van der Waals surface area contributed by atoms with Crippen LogP contribution in [0.3, 0.4) is 0 Å². The normalized spacial score (nSPS) is 10.4. The molecule has 9 heteroatoms. The van der Waals surface area contributed by atoms with E-state index in [2.05, 4.69) is 15.8 Å². The first-order valence-corrected chi connectivity index (χ1v) is 6.91. The predicted octanol–water partition coefficient (Wildman–Crippen LogP) is 1.52. The van der Waals surface area contributed by atoms with Gasteiger partial charge in [-0.1, -0.05) is 0 Å². The molecule has 2 N–H and O–H groups in total. The Bertz CT molecular complexity index is 694. The van der Waals surface area contributed by atoms with E-state index in [-0.39, 0.29) is 12.5 Å². The monoisotopic (exact) mass is 334 g/mol. The number of nitriles is 1. The van der Waals surface area contributed by atoms with E-state index in [1.54, 1.807) is 13.0 Å². The average molecular weight is 334 g/mol. The van der Waals surface area contributed by atoms with Crippen LogP contribution in [0.4, 0.5) is 11.4 Å². The Morgan fingerprint density at radius 3 is 2.29 bits per heavy atom. The fourth-order valence-electron chi connectivity index (χ4n) is 1.70. The van der Waals surface area contributed by atoms with Crippen LogP contribution in [0.15, 0.2) is 17.2 Å². The number of hydrogen-bond acceptors (Lipinski definition) is 8. The molecule has 0 heterocycles. The molecule has 0 atom stereocenters. The zero-order valence-electron chi connectivity index (χ0n) is 13.8. The second-order valence-corrected chi connectivity index (χ2v) is 4.34. The maximum absolute atomic E-state index is 11.5. The molecule has 0 unspecified atom stereocenters. The van der Waals surface area contributed by atoms with Crippen LogP contribution in [0.1, 0.15) is 13.8 Å². The number of ether oxygens (including phenoxy) is 3. The van der Waals surface area contributed by atoms with Crippen LogP contribution < -0.4 is 20.2 Å². The molecule has 0 bridgehead atoms. The number of esters is 1. The lowest BCUT2D eigenvalue weighted by Gasteiger charge is -2.14. The van der Waals surface area contributed by atoms with Gasteiger partial charge in [0.05, 0.1) is 26.5 Å². The molecule has 0 spiro atoms. The van der Waals surface area contributed by atoms with Crippen molar-refractivity contribution >= 4 is 29.0 Å². The number of hydrogen-bond donors (Lipinski definition) is 2. The van der Waals surface area contributed by atoms with Gasteiger partial charge in [-0.3, -0.25) is 10.2 Å². The molecule has 0 aliphatic rings. The van der Waals surface area contributed by atoms with Gasteiger partial charge in [0, 0.05) is 19.1 Å². The van der Waals surface area contributed by atoms with Gasteiger partial charge in [0.2, 0.25) is 11.6 Å². The van der Waals surface area contributed by atoms with Crippen molar-refractivity contribution < 1.29 is 23.8 Å². The fraction of sp³-hybridized carbons (Fsp3) is 0.333. The maximum atomic E-state index is 11.5. The molecule has 9 nitrogen and oxygen atoms in total. The third kappa shape index (κ3) is 4.88. The molecule has 0 aliphatic heterocycles. The molecule has 24 heavy (non-hydrogen) atoms. The molecule has 0 radical (unpaired) electrons. The Morgan fingerprint density at radius 2 is 1.79 bits per heavy atom. The predicted molar refractivity (Wildman–Crippen MR) is 87.2 cm³/mol. The fourth-order valence-corrected chi connectivity index (χ4v) is 1.70.